The highest BCUT2D eigenvalue weighted by atomic mass is 35.5. The predicted octanol–water partition coefficient (Wildman–Crippen LogP) is 5.77. The van der Waals surface area contributed by atoms with Crippen LogP contribution in [-0.4, -0.2) is 18.9 Å². The van der Waals surface area contributed by atoms with Crippen molar-refractivity contribution >= 4 is 39.8 Å². The van der Waals surface area contributed by atoms with Gasteiger partial charge in [-0.25, -0.2) is 0 Å². The van der Waals surface area contributed by atoms with Crippen molar-refractivity contribution in [3.63, 3.8) is 0 Å². The van der Waals surface area contributed by atoms with Crippen LogP contribution in [0.15, 0.2) is 48.5 Å². The molecule has 156 valence electrons. The molecule has 1 atom stereocenters. The zero-order chi connectivity index (χ0) is 21.8. The van der Waals surface area contributed by atoms with Gasteiger partial charge in [-0.3, -0.25) is 9.59 Å². The van der Waals surface area contributed by atoms with Gasteiger partial charge in [0.1, 0.15) is 5.75 Å². The monoisotopic (exact) mass is 442 g/mol. The molecular weight excluding hydrogens is 420 g/mol. The summed E-state index contributed by atoms with van der Waals surface area (Å²) in [4.78, 5) is 25.9. The number of amides is 2. The molecule has 2 aromatic carbocycles. The van der Waals surface area contributed by atoms with Gasteiger partial charge in [0.2, 0.25) is 0 Å². The average molecular weight is 443 g/mol. The maximum atomic E-state index is 12.9. The van der Waals surface area contributed by atoms with Gasteiger partial charge < -0.3 is 15.4 Å². The minimum Gasteiger partial charge on any atom is -0.496 e. The molecule has 1 heterocycles. The van der Waals surface area contributed by atoms with Crippen molar-refractivity contribution in [2.45, 2.75) is 26.8 Å². The SMILES string of the molecule is COc1ccc(C)cc1C(C)NC(=O)c1sc(NC(=O)c2ccccc2Cl)cc1C. The Morgan fingerprint density at radius 3 is 2.50 bits per heavy atom. The van der Waals surface area contributed by atoms with Gasteiger partial charge in [-0.2, -0.15) is 0 Å². The van der Waals surface area contributed by atoms with Crippen LogP contribution >= 0.6 is 22.9 Å². The standard InChI is InChI=1S/C23H23ClN2O3S/c1-13-9-10-19(29-4)17(11-13)15(3)25-23(28)21-14(2)12-20(30-21)26-22(27)16-7-5-6-8-18(16)24/h5-12,15H,1-4H3,(H,25,28)(H,26,27). The second-order valence-electron chi connectivity index (χ2n) is 7.00. The highest BCUT2D eigenvalue weighted by molar-refractivity contribution is 7.18. The minimum atomic E-state index is -0.313. The lowest BCUT2D eigenvalue weighted by Crippen LogP contribution is -2.26. The molecule has 0 bridgehead atoms. The number of hydrogen-bond acceptors (Lipinski definition) is 4. The normalized spacial score (nSPS) is 11.6. The fourth-order valence-corrected chi connectivity index (χ4v) is 4.32. The van der Waals surface area contributed by atoms with Crippen molar-refractivity contribution in [3.05, 3.63) is 80.7 Å². The van der Waals surface area contributed by atoms with Gasteiger partial charge in [0.25, 0.3) is 11.8 Å². The number of thiophene rings is 1. The third kappa shape index (κ3) is 4.83. The van der Waals surface area contributed by atoms with Crippen molar-refractivity contribution in [1.82, 2.24) is 5.32 Å². The summed E-state index contributed by atoms with van der Waals surface area (Å²) in [6, 6.07) is 14.2. The van der Waals surface area contributed by atoms with Crippen molar-refractivity contribution in [1.29, 1.82) is 0 Å². The summed E-state index contributed by atoms with van der Waals surface area (Å²) in [6.07, 6.45) is 0. The van der Waals surface area contributed by atoms with Crippen LogP contribution in [-0.2, 0) is 0 Å². The number of nitrogens with one attached hydrogen (secondary N) is 2. The number of carbonyl (C=O) groups excluding carboxylic acids is 2. The molecule has 1 aromatic heterocycles. The summed E-state index contributed by atoms with van der Waals surface area (Å²) in [5, 5.41) is 6.80. The highest BCUT2D eigenvalue weighted by Crippen LogP contribution is 2.30. The van der Waals surface area contributed by atoms with Crippen molar-refractivity contribution in [2.24, 2.45) is 0 Å². The molecule has 3 aromatic rings. The van der Waals surface area contributed by atoms with Crippen LogP contribution in [0.5, 0.6) is 5.75 Å². The Labute approximate surface area is 185 Å². The van der Waals surface area contributed by atoms with Crippen LogP contribution in [0.4, 0.5) is 5.00 Å². The smallest absolute Gasteiger partial charge is 0.262 e. The van der Waals surface area contributed by atoms with Crippen LogP contribution in [0.3, 0.4) is 0 Å². The molecule has 30 heavy (non-hydrogen) atoms. The minimum absolute atomic E-state index is 0.202. The van der Waals surface area contributed by atoms with Crippen LogP contribution < -0.4 is 15.4 Å². The summed E-state index contributed by atoms with van der Waals surface area (Å²) < 4.78 is 5.43. The van der Waals surface area contributed by atoms with E-state index in [1.165, 1.54) is 11.3 Å². The quantitative estimate of drug-likeness (QED) is 0.509. The van der Waals surface area contributed by atoms with Gasteiger partial charge in [0.15, 0.2) is 0 Å². The van der Waals surface area contributed by atoms with Crippen LogP contribution in [0.25, 0.3) is 0 Å². The molecule has 1 unspecified atom stereocenters. The zero-order valence-corrected chi connectivity index (χ0v) is 18.8. The average Bonchev–Trinajstić information content (AvgIpc) is 3.08. The topological polar surface area (TPSA) is 67.4 Å². The van der Waals surface area contributed by atoms with Crippen molar-refractivity contribution < 1.29 is 14.3 Å². The molecule has 0 aliphatic heterocycles. The van der Waals surface area contributed by atoms with Gasteiger partial charge in [-0.15, -0.1) is 11.3 Å². The van der Waals surface area contributed by atoms with E-state index in [4.69, 9.17) is 16.3 Å². The molecule has 0 aliphatic carbocycles. The third-order valence-electron chi connectivity index (χ3n) is 4.68. The van der Waals surface area contributed by atoms with E-state index in [9.17, 15) is 9.59 Å². The Hall–Kier alpha value is -2.83. The summed E-state index contributed by atoms with van der Waals surface area (Å²) in [6.45, 7) is 5.75. The zero-order valence-electron chi connectivity index (χ0n) is 17.2. The molecule has 0 saturated carbocycles. The Kier molecular flexibility index (Phi) is 6.80. The van der Waals surface area contributed by atoms with E-state index in [0.717, 1.165) is 22.4 Å². The Morgan fingerprint density at radius 2 is 1.80 bits per heavy atom. The van der Waals surface area contributed by atoms with Crippen LogP contribution in [0.1, 0.15) is 49.7 Å². The first-order valence-electron chi connectivity index (χ1n) is 9.42. The fraction of sp³-hybridized carbons (Fsp3) is 0.217. The molecule has 2 amide bonds. The van der Waals surface area contributed by atoms with E-state index in [1.807, 2.05) is 39.0 Å². The van der Waals surface area contributed by atoms with E-state index in [-0.39, 0.29) is 17.9 Å². The lowest BCUT2D eigenvalue weighted by molar-refractivity contribution is 0.0942. The molecule has 5 nitrogen and oxygen atoms in total. The maximum Gasteiger partial charge on any atom is 0.262 e. The molecule has 0 spiro atoms. The number of methoxy groups -OCH3 is 1. The van der Waals surface area contributed by atoms with Gasteiger partial charge in [0, 0.05) is 5.56 Å². The molecule has 2 N–H and O–H groups in total. The highest BCUT2D eigenvalue weighted by Gasteiger charge is 2.20. The number of ether oxygens (including phenoxy) is 1. The molecule has 0 saturated heterocycles. The van der Waals surface area contributed by atoms with Crippen LogP contribution in [0, 0.1) is 13.8 Å². The van der Waals surface area contributed by atoms with Crippen LogP contribution in [0.2, 0.25) is 5.02 Å². The summed E-state index contributed by atoms with van der Waals surface area (Å²) >= 11 is 7.32. The molecule has 0 radical (unpaired) electrons. The molecule has 7 heteroatoms. The summed E-state index contributed by atoms with van der Waals surface area (Å²) in [7, 11) is 1.61. The summed E-state index contributed by atoms with van der Waals surface area (Å²) in [5.41, 5.74) is 3.17. The van der Waals surface area contributed by atoms with E-state index in [1.54, 1.807) is 37.4 Å². The first kappa shape index (κ1) is 21.9. The number of anilines is 1. The molecular formula is C23H23ClN2O3S. The number of benzene rings is 2. The first-order valence-corrected chi connectivity index (χ1v) is 10.6. The largest absolute Gasteiger partial charge is 0.496 e. The van der Waals surface area contributed by atoms with Crippen molar-refractivity contribution in [2.75, 3.05) is 12.4 Å². The first-order chi connectivity index (χ1) is 14.3. The number of halogens is 1. The molecule has 0 aliphatic rings. The van der Waals surface area contributed by atoms with E-state index in [2.05, 4.69) is 10.6 Å². The number of rotatable bonds is 6. The predicted molar refractivity (Wildman–Crippen MR) is 122 cm³/mol. The van der Waals surface area contributed by atoms with Gasteiger partial charge >= 0.3 is 0 Å². The van der Waals surface area contributed by atoms with Gasteiger partial charge in [-0.05, 0) is 50.6 Å². The molecule has 3 rings (SSSR count). The Morgan fingerprint density at radius 1 is 1.07 bits per heavy atom. The van der Waals surface area contributed by atoms with E-state index < -0.39 is 0 Å². The number of aryl methyl sites for hydroxylation is 2. The van der Waals surface area contributed by atoms with E-state index >= 15 is 0 Å². The Bertz CT molecular complexity index is 1090. The van der Waals surface area contributed by atoms with Gasteiger partial charge in [0.05, 0.1) is 33.6 Å². The maximum absolute atomic E-state index is 12.9. The van der Waals surface area contributed by atoms with Gasteiger partial charge in [-0.1, -0.05) is 41.4 Å². The van der Waals surface area contributed by atoms with Crippen molar-refractivity contribution in [3.8, 4) is 5.75 Å². The fourth-order valence-electron chi connectivity index (χ4n) is 3.13. The van der Waals surface area contributed by atoms with E-state index in [0.29, 0.717) is 20.5 Å². The lowest BCUT2D eigenvalue weighted by atomic mass is 10.0. The third-order valence-corrected chi connectivity index (χ3v) is 6.16. The second kappa shape index (κ2) is 9.32. The number of carbonyl (C=O) groups is 2. The molecule has 0 fully saturated rings. The second-order valence-corrected chi connectivity index (χ2v) is 8.46. The summed E-state index contributed by atoms with van der Waals surface area (Å²) in [5.74, 6) is 0.211. The Balaban J connectivity index is 1.75. The number of hydrogen-bond donors (Lipinski definition) is 2. The lowest BCUT2D eigenvalue weighted by Gasteiger charge is -2.18.